The van der Waals surface area contributed by atoms with E-state index >= 15 is 0 Å². The molecule has 0 aliphatic carbocycles. The van der Waals surface area contributed by atoms with Crippen molar-refractivity contribution in [3.8, 4) is 0 Å². The minimum absolute atomic E-state index is 1.30. The van der Waals surface area contributed by atoms with Gasteiger partial charge in [0.25, 0.3) is 0 Å². The molecule has 0 atom stereocenters. The zero-order chi connectivity index (χ0) is 22.5. The Bertz CT molecular complexity index is 351. The van der Waals surface area contributed by atoms with Gasteiger partial charge in [-0.3, -0.25) is 0 Å². The Morgan fingerprint density at radius 2 is 0.452 bits per heavy atom. The number of hydrogen-bond donors (Lipinski definition) is 0. The van der Waals surface area contributed by atoms with Crippen molar-refractivity contribution in [3.63, 3.8) is 0 Å². The van der Waals surface area contributed by atoms with Gasteiger partial charge in [-0.05, 0) is 51.4 Å². The van der Waals surface area contributed by atoms with E-state index in [0.29, 0.717) is 0 Å². The molecule has 0 bridgehead atoms. The van der Waals surface area contributed by atoms with E-state index in [-0.39, 0.29) is 0 Å². The average molecular weight is 433 g/mol. The summed E-state index contributed by atoms with van der Waals surface area (Å²) in [6, 6.07) is 0. The summed E-state index contributed by atoms with van der Waals surface area (Å²) in [6.07, 6.45) is 44.9. The monoisotopic (exact) mass is 432 g/mol. The smallest absolute Gasteiger partial charge is 0.0351 e. The quantitative estimate of drug-likeness (QED) is 0.0941. The normalized spacial score (nSPS) is 11.9. The first-order valence-electron chi connectivity index (χ1n) is 14.7. The molecule has 0 unspecified atom stereocenters. The second-order valence-electron chi connectivity index (χ2n) is 9.82. The SMILES string of the molecule is CCCCCCCC/C=C\CCCCCCCC/C=C\CCCCCCCCCCC. The van der Waals surface area contributed by atoms with Crippen molar-refractivity contribution in [2.75, 3.05) is 0 Å². The molecule has 0 fully saturated rings. The van der Waals surface area contributed by atoms with Crippen molar-refractivity contribution in [2.24, 2.45) is 0 Å². The van der Waals surface area contributed by atoms with Crippen molar-refractivity contribution in [2.45, 2.75) is 174 Å². The van der Waals surface area contributed by atoms with Gasteiger partial charge in [-0.1, -0.05) is 147 Å². The fraction of sp³-hybridized carbons (Fsp3) is 0.871. The first-order valence-corrected chi connectivity index (χ1v) is 14.7. The van der Waals surface area contributed by atoms with Gasteiger partial charge in [0, 0.05) is 0 Å². The van der Waals surface area contributed by atoms with Crippen molar-refractivity contribution in [1.29, 1.82) is 0 Å². The van der Waals surface area contributed by atoms with E-state index in [0.717, 1.165) is 0 Å². The summed E-state index contributed by atoms with van der Waals surface area (Å²) in [5.74, 6) is 0. The van der Waals surface area contributed by atoms with Gasteiger partial charge < -0.3 is 0 Å². The van der Waals surface area contributed by atoms with Gasteiger partial charge in [0.2, 0.25) is 0 Å². The summed E-state index contributed by atoms with van der Waals surface area (Å²) in [4.78, 5) is 0. The molecule has 0 saturated carbocycles. The predicted octanol–water partition coefficient (Wildman–Crippen LogP) is 11.9. The molecule has 0 radical (unpaired) electrons. The molecule has 0 spiro atoms. The van der Waals surface area contributed by atoms with Gasteiger partial charge in [0.1, 0.15) is 0 Å². The van der Waals surface area contributed by atoms with Crippen LogP contribution in [0.2, 0.25) is 0 Å². The van der Waals surface area contributed by atoms with Crippen LogP contribution in [0.3, 0.4) is 0 Å². The van der Waals surface area contributed by atoms with Crippen molar-refractivity contribution < 1.29 is 0 Å². The molecule has 0 rings (SSSR count). The average Bonchev–Trinajstić information content (AvgIpc) is 2.78. The van der Waals surface area contributed by atoms with Crippen LogP contribution in [0.1, 0.15) is 174 Å². The summed E-state index contributed by atoms with van der Waals surface area (Å²) >= 11 is 0. The summed E-state index contributed by atoms with van der Waals surface area (Å²) in [5, 5.41) is 0. The topological polar surface area (TPSA) is 0 Å². The van der Waals surface area contributed by atoms with E-state index in [1.165, 1.54) is 161 Å². The lowest BCUT2D eigenvalue weighted by Gasteiger charge is -2.01. The lowest BCUT2D eigenvalue weighted by Crippen LogP contribution is -1.81. The molecule has 0 nitrogen and oxygen atoms in total. The Kier molecular flexibility index (Phi) is 29.0. The lowest BCUT2D eigenvalue weighted by atomic mass is 10.1. The van der Waals surface area contributed by atoms with Crippen LogP contribution < -0.4 is 0 Å². The first kappa shape index (κ1) is 30.5. The summed E-state index contributed by atoms with van der Waals surface area (Å²) < 4.78 is 0. The highest BCUT2D eigenvalue weighted by atomic mass is 14.0. The van der Waals surface area contributed by atoms with Gasteiger partial charge in [0.15, 0.2) is 0 Å². The lowest BCUT2D eigenvalue weighted by molar-refractivity contribution is 0.566. The van der Waals surface area contributed by atoms with Crippen molar-refractivity contribution >= 4 is 0 Å². The highest BCUT2D eigenvalue weighted by molar-refractivity contribution is 4.82. The van der Waals surface area contributed by atoms with Crippen LogP contribution in [-0.2, 0) is 0 Å². The minimum atomic E-state index is 1.30. The fourth-order valence-electron chi connectivity index (χ4n) is 4.32. The van der Waals surface area contributed by atoms with Gasteiger partial charge in [-0.2, -0.15) is 0 Å². The van der Waals surface area contributed by atoms with Crippen LogP contribution in [0.25, 0.3) is 0 Å². The standard InChI is InChI=1S/C31H60/c1-3-5-7-9-11-13-15-17-19-21-23-25-27-29-31-30-28-26-24-22-20-18-16-14-12-10-8-6-4-2/h17,19,24,26H,3-16,18,20-23,25,27-31H2,1-2H3/b19-17-,26-24-. The third-order valence-electron chi connectivity index (χ3n) is 6.52. The van der Waals surface area contributed by atoms with Gasteiger partial charge in [0.05, 0.1) is 0 Å². The van der Waals surface area contributed by atoms with Crippen LogP contribution in [0.4, 0.5) is 0 Å². The number of rotatable bonds is 26. The molecule has 0 aliphatic rings. The highest BCUT2D eigenvalue weighted by Gasteiger charge is 1.93. The minimum Gasteiger partial charge on any atom is -0.0885 e. The van der Waals surface area contributed by atoms with Crippen molar-refractivity contribution in [3.05, 3.63) is 24.3 Å². The molecule has 31 heavy (non-hydrogen) atoms. The van der Waals surface area contributed by atoms with Gasteiger partial charge >= 0.3 is 0 Å². The Morgan fingerprint density at radius 1 is 0.258 bits per heavy atom. The van der Waals surface area contributed by atoms with Crippen LogP contribution in [0, 0.1) is 0 Å². The zero-order valence-electron chi connectivity index (χ0n) is 22.0. The van der Waals surface area contributed by atoms with Crippen molar-refractivity contribution in [1.82, 2.24) is 0 Å². The molecule has 0 heterocycles. The molecule has 0 aromatic heterocycles. The molecule has 0 aliphatic heterocycles. The number of hydrogen-bond acceptors (Lipinski definition) is 0. The zero-order valence-corrected chi connectivity index (χ0v) is 22.0. The van der Waals surface area contributed by atoms with E-state index in [1.807, 2.05) is 0 Å². The molecule has 0 amide bonds. The molecular weight excluding hydrogens is 372 g/mol. The third-order valence-corrected chi connectivity index (χ3v) is 6.52. The fourth-order valence-corrected chi connectivity index (χ4v) is 4.32. The van der Waals surface area contributed by atoms with Gasteiger partial charge in [-0.25, -0.2) is 0 Å². The molecule has 0 heteroatoms. The van der Waals surface area contributed by atoms with Crippen LogP contribution >= 0.6 is 0 Å². The van der Waals surface area contributed by atoms with E-state index in [4.69, 9.17) is 0 Å². The highest BCUT2D eigenvalue weighted by Crippen LogP contribution is 2.12. The van der Waals surface area contributed by atoms with Gasteiger partial charge in [-0.15, -0.1) is 0 Å². The molecule has 0 aromatic rings. The molecule has 0 N–H and O–H groups in total. The van der Waals surface area contributed by atoms with E-state index < -0.39 is 0 Å². The molecule has 0 aromatic carbocycles. The first-order chi connectivity index (χ1) is 15.4. The number of allylic oxidation sites excluding steroid dienone is 4. The maximum absolute atomic E-state index is 2.44. The summed E-state index contributed by atoms with van der Waals surface area (Å²) in [5.41, 5.74) is 0. The largest absolute Gasteiger partial charge is 0.0885 e. The van der Waals surface area contributed by atoms with E-state index in [9.17, 15) is 0 Å². The molecule has 184 valence electrons. The molecule has 0 saturated heterocycles. The van der Waals surface area contributed by atoms with E-state index in [2.05, 4.69) is 38.2 Å². The second-order valence-corrected chi connectivity index (χ2v) is 9.82. The summed E-state index contributed by atoms with van der Waals surface area (Å²) in [7, 11) is 0. The Morgan fingerprint density at radius 3 is 0.677 bits per heavy atom. The van der Waals surface area contributed by atoms with Crippen LogP contribution in [0.5, 0.6) is 0 Å². The third kappa shape index (κ3) is 29.5. The maximum Gasteiger partial charge on any atom is -0.0351 e. The summed E-state index contributed by atoms with van der Waals surface area (Å²) in [6.45, 7) is 4.59. The number of unbranched alkanes of at least 4 members (excludes halogenated alkanes) is 22. The molecular formula is C31H60. The van der Waals surface area contributed by atoms with Crippen LogP contribution in [0.15, 0.2) is 24.3 Å². The maximum atomic E-state index is 2.44. The Hall–Kier alpha value is -0.520. The second kappa shape index (κ2) is 29.5. The van der Waals surface area contributed by atoms with E-state index in [1.54, 1.807) is 0 Å². The Balaban J connectivity index is 3.12. The predicted molar refractivity (Wildman–Crippen MR) is 145 cm³/mol. The van der Waals surface area contributed by atoms with Crippen LogP contribution in [-0.4, -0.2) is 0 Å². The Labute approximate surface area is 198 Å².